The Morgan fingerprint density at radius 1 is 0.725 bits per heavy atom. The molecule has 0 radical (unpaired) electrons. The molecule has 1 heterocycles. The third-order valence-corrected chi connectivity index (χ3v) is 8.28. The Labute approximate surface area is 295 Å². The normalized spacial score (nSPS) is 17.8. The molecule has 2 aromatic rings. The topological polar surface area (TPSA) is 258 Å². The first kappa shape index (κ1) is 39.9. The van der Waals surface area contributed by atoms with Crippen LogP contribution in [0.5, 0.6) is 5.75 Å². The lowest BCUT2D eigenvalue weighted by atomic mass is 10.0. The van der Waals surface area contributed by atoms with Gasteiger partial charge in [-0.3, -0.25) is 33.6 Å². The average molecular weight is 710 g/mol. The second-order valence-corrected chi connectivity index (χ2v) is 12.5. The lowest BCUT2D eigenvalue weighted by Crippen LogP contribution is -2.61. The third-order valence-electron chi connectivity index (χ3n) is 8.28. The van der Waals surface area contributed by atoms with E-state index in [-0.39, 0.29) is 38.0 Å². The van der Waals surface area contributed by atoms with Gasteiger partial charge in [-0.25, -0.2) is 0 Å². The smallest absolute Gasteiger partial charge is 0.303 e. The molecule has 10 N–H and O–H groups in total. The lowest BCUT2D eigenvalue weighted by molar-refractivity contribution is -0.140. The van der Waals surface area contributed by atoms with Crippen LogP contribution in [-0.2, 0) is 46.4 Å². The second kappa shape index (κ2) is 19.6. The van der Waals surface area contributed by atoms with Gasteiger partial charge in [0.2, 0.25) is 35.4 Å². The van der Waals surface area contributed by atoms with E-state index < -0.39 is 77.7 Å². The molecule has 16 heteroatoms. The molecular formula is C35H47N7O9. The van der Waals surface area contributed by atoms with Crippen molar-refractivity contribution in [2.24, 2.45) is 5.73 Å². The van der Waals surface area contributed by atoms with Crippen molar-refractivity contribution < 1.29 is 43.8 Å². The van der Waals surface area contributed by atoms with Crippen molar-refractivity contribution in [3.63, 3.8) is 0 Å². The van der Waals surface area contributed by atoms with Gasteiger partial charge in [0.25, 0.3) is 0 Å². The van der Waals surface area contributed by atoms with Gasteiger partial charge < -0.3 is 47.8 Å². The first-order valence-electron chi connectivity index (χ1n) is 16.8. The van der Waals surface area contributed by atoms with Crippen LogP contribution >= 0.6 is 0 Å². The molecule has 6 atom stereocenters. The van der Waals surface area contributed by atoms with E-state index in [0.717, 1.165) is 11.1 Å². The summed E-state index contributed by atoms with van der Waals surface area (Å²) in [6.45, 7) is 3.19. The number of rotatable bonds is 19. The molecule has 1 aliphatic rings. The Balaban J connectivity index is 1.46. The highest BCUT2D eigenvalue weighted by atomic mass is 16.4. The van der Waals surface area contributed by atoms with E-state index in [4.69, 9.17) is 10.8 Å². The van der Waals surface area contributed by atoms with Crippen LogP contribution in [0.15, 0.2) is 54.6 Å². The van der Waals surface area contributed by atoms with Crippen LogP contribution in [0.2, 0.25) is 0 Å². The van der Waals surface area contributed by atoms with E-state index in [9.17, 15) is 38.7 Å². The highest BCUT2D eigenvalue weighted by molar-refractivity contribution is 5.97. The van der Waals surface area contributed by atoms with E-state index in [1.807, 2.05) is 6.07 Å². The first-order chi connectivity index (χ1) is 24.2. The van der Waals surface area contributed by atoms with Crippen molar-refractivity contribution in [3.05, 3.63) is 65.7 Å². The van der Waals surface area contributed by atoms with Gasteiger partial charge in [0.05, 0.1) is 6.04 Å². The molecule has 0 aromatic heterocycles. The van der Waals surface area contributed by atoms with Crippen molar-refractivity contribution in [1.29, 1.82) is 0 Å². The fourth-order valence-electron chi connectivity index (χ4n) is 5.29. The number of carbonyl (C=O) groups is 7. The molecule has 1 fully saturated rings. The van der Waals surface area contributed by atoms with E-state index in [1.165, 1.54) is 26.0 Å². The number of piperazine rings is 1. The van der Waals surface area contributed by atoms with Crippen LogP contribution < -0.4 is 37.6 Å². The number of nitrogens with two attached hydrogens (primary N) is 1. The predicted octanol–water partition coefficient (Wildman–Crippen LogP) is -0.867. The molecule has 16 nitrogen and oxygen atoms in total. The summed E-state index contributed by atoms with van der Waals surface area (Å²) >= 11 is 0. The van der Waals surface area contributed by atoms with Crippen LogP contribution in [-0.4, -0.2) is 94.4 Å². The number of aliphatic carboxylic acids is 1. The minimum Gasteiger partial charge on any atom is -0.508 e. The Hall–Kier alpha value is -5.51. The van der Waals surface area contributed by atoms with E-state index in [2.05, 4.69) is 31.9 Å². The van der Waals surface area contributed by atoms with Crippen molar-refractivity contribution >= 4 is 41.4 Å². The number of hydrogen-bond acceptors (Lipinski definition) is 9. The van der Waals surface area contributed by atoms with Crippen LogP contribution in [0.25, 0.3) is 0 Å². The monoisotopic (exact) mass is 709 g/mol. The fraction of sp³-hybridized carbons (Fsp3) is 0.457. The number of aromatic hydroxyl groups is 1. The molecule has 0 unspecified atom stereocenters. The van der Waals surface area contributed by atoms with Crippen LogP contribution in [0.1, 0.15) is 57.1 Å². The largest absolute Gasteiger partial charge is 0.508 e. The molecule has 0 spiro atoms. The van der Waals surface area contributed by atoms with E-state index in [1.54, 1.807) is 36.4 Å². The van der Waals surface area contributed by atoms with Crippen molar-refractivity contribution in [2.75, 3.05) is 6.54 Å². The number of hydrogen-bond donors (Lipinski definition) is 9. The third kappa shape index (κ3) is 13.4. The van der Waals surface area contributed by atoms with Crippen molar-refractivity contribution in [1.82, 2.24) is 31.9 Å². The first-order valence-corrected chi connectivity index (χ1v) is 16.8. The zero-order chi connectivity index (χ0) is 37.5. The molecule has 0 aliphatic carbocycles. The summed E-state index contributed by atoms with van der Waals surface area (Å²) in [5.74, 6) is -4.11. The maximum Gasteiger partial charge on any atom is 0.303 e. The SMILES string of the molecule is C[C@@H](NC(=O)[C@H](Cc1ccccc1)NC(=O)[C@@H](C)NC(=O)[C@@H](N)Cc1ccc(O)cc1)C(=O)NCCCC[C@@H]1NC(=O)[C@H](CCC(=O)O)NC1=O. The summed E-state index contributed by atoms with van der Waals surface area (Å²) in [6, 6.07) is 9.48. The van der Waals surface area contributed by atoms with Gasteiger partial charge >= 0.3 is 5.97 Å². The Morgan fingerprint density at radius 3 is 1.92 bits per heavy atom. The summed E-state index contributed by atoms with van der Waals surface area (Å²) in [7, 11) is 0. The number of amides is 6. The molecule has 2 aromatic carbocycles. The van der Waals surface area contributed by atoms with Crippen LogP contribution in [0.3, 0.4) is 0 Å². The number of benzene rings is 2. The second-order valence-electron chi connectivity index (χ2n) is 12.5. The van der Waals surface area contributed by atoms with Gasteiger partial charge in [0.15, 0.2) is 0 Å². The van der Waals surface area contributed by atoms with Gasteiger partial charge in [-0.2, -0.15) is 0 Å². The zero-order valence-electron chi connectivity index (χ0n) is 28.6. The van der Waals surface area contributed by atoms with Crippen molar-refractivity contribution in [3.8, 4) is 5.75 Å². The zero-order valence-corrected chi connectivity index (χ0v) is 28.6. The molecule has 51 heavy (non-hydrogen) atoms. The minimum atomic E-state index is -1.08. The lowest BCUT2D eigenvalue weighted by Gasteiger charge is -2.29. The summed E-state index contributed by atoms with van der Waals surface area (Å²) < 4.78 is 0. The van der Waals surface area contributed by atoms with Gasteiger partial charge in [0.1, 0.15) is 36.0 Å². The molecule has 1 saturated heterocycles. The van der Waals surface area contributed by atoms with Gasteiger partial charge in [-0.1, -0.05) is 42.5 Å². The van der Waals surface area contributed by atoms with E-state index >= 15 is 0 Å². The van der Waals surface area contributed by atoms with Crippen molar-refractivity contribution in [2.45, 2.75) is 95.0 Å². The highest BCUT2D eigenvalue weighted by Crippen LogP contribution is 2.12. The number of carbonyl (C=O) groups excluding carboxylic acids is 6. The predicted molar refractivity (Wildman–Crippen MR) is 185 cm³/mol. The van der Waals surface area contributed by atoms with E-state index in [0.29, 0.717) is 19.3 Å². The Kier molecular flexibility index (Phi) is 15.4. The number of phenols is 1. The summed E-state index contributed by atoms with van der Waals surface area (Å²) in [4.78, 5) is 87.3. The number of nitrogens with one attached hydrogen (secondary N) is 6. The molecule has 1 aliphatic heterocycles. The average Bonchev–Trinajstić information content (AvgIpc) is 3.09. The summed E-state index contributed by atoms with van der Waals surface area (Å²) in [5.41, 5.74) is 7.51. The molecule has 0 bridgehead atoms. The summed E-state index contributed by atoms with van der Waals surface area (Å²) in [6.07, 6.45) is 1.31. The van der Waals surface area contributed by atoms with Gasteiger partial charge in [-0.05, 0) is 69.2 Å². The fourth-order valence-corrected chi connectivity index (χ4v) is 5.29. The van der Waals surface area contributed by atoms with Gasteiger partial charge in [-0.15, -0.1) is 0 Å². The number of carboxylic acids is 1. The molecule has 6 amide bonds. The van der Waals surface area contributed by atoms with Gasteiger partial charge in [0, 0.05) is 19.4 Å². The Bertz CT molecular complexity index is 1540. The molecule has 276 valence electrons. The molecule has 3 rings (SSSR count). The number of carboxylic acid groups (broad SMARTS) is 1. The van der Waals surface area contributed by atoms with Crippen LogP contribution in [0.4, 0.5) is 0 Å². The Morgan fingerprint density at radius 2 is 1.29 bits per heavy atom. The van der Waals surface area contributed by atoms with Crippen LogP contribution in [0, 0.1) is 0 Å². The number of unbranched alkanes of at least 4 members (excludes halogenated alkanes) is 1. The maximum atomic E-state index is 13.4. The summed E-state index contributed by atoms with van der Waals surface area (Å²) in [5, 5.41) is 34.0. The quantitative estimate of drug-likeness (QED) is 0.0815. The number of phenolic OH excluding ortho intramolecular Hbond substituents is 1. The molecule has 0 saturated carbocycles. The maximum absolute atomic E-state index is 13.4. The minimum absolute atomic E-state index is 0.00385. The molecular weight excluding hydrogens is 662 g/mol. The standard InChI is InChI=1S/C35H47N7O9/c1-20(30(46)37-17-7-6-10-26-33(49)41-27(34(50)40-26)15-16-29(44)45)39-35(51)28(19-22-8-4-3-5-9-22)42-31(47)21(2)38-32(48)25(36)18-23-11-13-24(43)14-12-23/h3-5,8-9,11-14,20-21,25-28,43H,6-7,10,15-19,36H2,1-2H3,(H,37,46)(H,38,48)(H,39,51)(H,40,50)(H,41,49)(H,42,47)(H,44,45)/t20-,21-,25+,26+,27+,28+/m1/s1. The highest BCUT2D eigenvalue weighted by Gasteiger charge is 2.33.